The van der Waals surface area contributed by atoms with E-state index in [0.717, 1.165) is 28.4 Å². The first-order valence-corrected chi connectivity index (χ1v) is 8.25. The van der Waals surface area contributed by atoms with Crippen LogP contribution in [0.15, 0.2) is 77.4 Å². The van der Waals surface area contributed by atoms with E-state index in [-0.39, 0.29) is 0 Å². The minimum atomic E-state index is 0.575. The standard InChI is InChI=1S/C21H18N2O2/c1-2-7-17(8-3-1)25-16-14-23-20-11-5-4-10-19(20)22-21(23)13-12-18-9-6-15-24-18/h1-13,15H,14,16H2. The van der Waals surface area contributed by atoms with Crippen LogP contribution < -0.4 is 4.74 Å². The molecule has 0 fully saturated rings. The summed E-state index contributed by atoms with van der Waals surface area (Å²) in [6.45, 7) is 1.29. The predicted molar refractivity (Wildman–Crippen MR) is 99.3 cm³/mol. The van der Waals surface area contributed by atoms with Crippen molar-refractivity contribution in [2.75, 3.05) is 6.61 Å². The second-order valence-electron chi connectivity index (χ2n) is 5.62. The van der Waals surface area contributed by atoms with Crippen LogP contribution >= 0.6 is 0 Å². The van der Waals surface area contributed by atoms with Gasteiger partial charge in [0, 0.05) is 0 Å². The van der Waals surface area contributed by atoms with E-state index in [1.165, 1.54) is 0 Å². The van der Waals surface area contributed by atoms with Gasteiger partial charge in [0.25, 0.3) is 0 Å². The molecule has 4 nitrogen and oxygen atoms in total. The molecule has 2 aromatic heterocycles. The van der Waals surface area contributed by atoms with Crippen molar-refractivity contribution >= 4 is 23.2 Å². The molecule has 2 aromatic carbocycles. The largest absolute Gasteiger partial charge is 0.492 e. The molecule has 4 heteroatoms. The first kappa shape index (κ1) is 15.3. The van der Waals surface area contributed by atoms with Crippen LogP contribution in [0.1, 0.15) is 11.6 Å². The number of benzene rings is 2. The minimum absolute atomic E-state index is 0.575. The summed E-state index contributed by atoms with van der Waals surface area (Å²) < 4.78 is 13.4. The third-order valence-electron chi connectivity index (χ3n) is 3.95. The zero-order chi connectivity index (χ0) is 16.9. The van der Waals surface area contributed by atoms with Crippen LogP contribution in [0.3, 0.4) is 0 Å². The van der Waals surface area contributed by atoms with Gasteiger partial charge in [-0.25, -0.2) is 4.98 Å². The topological polar surface area (TPSA) is 40.2 Å². The van der Waals surface area contributed by atoms with Crippen molar-refractivity contribution in [2.45, 2.75) is 6.54 Å². The number of aromatic nitrogens is 2. The van der Waals surface area contributed by atoms with Crippen molar-refractivity contribution in [1.29, 1.82) is 0 Å². The molecule has 0 aliphatic rings. The average Bonchev–Trinajstić information content (AvgIpc) is 3.29. The van der Waals surface area contributed by atoms with Crippen molar-refractivity contribution in [1.82, 2.24) is 9.55 Å². The molecule has 0 atom stereocenters. The molecule has 25 heavy (non-hydrogen) atoms. The SMILES string of the molecule is C(=Cc1nc2ccccc2n1CCOc1ccccc1)c1ccco1. The number of nitrogens with zero attached hydrogens (tertiary/aromatic N) is 2. The first-order valence-electron chi connectivity index (χ1n) is 8.25. The van der Waals surface area contributed by atoms with Gasteiger partial charge in [-0.15, -0.1) is 0 Å². The number of imidazole rings is 1. The Bertz CT molecular complexity index is 970. The molecule has 2 heterocycles. The van der Waals surface area contributed by atoms with Gasteiger partial charge in [-0.3, -0.25) is 0 Å². The van der Waals surface area contributed by atoms with E-state index < -0.39 is 0 Å². The number of rotatable bonds is 6. The molecule has 0 radical (unpaired) electrons. The van der Waals surface area contributed by atoms with Crippen LogP contribution in [0, 0.1) is 0 Å². The molecule has 0 unspecified atom stereocenters. The van der Waals surface area contributed by atoms with Gasteiger partial charge in [-0.2, -0.15) is 0 Å². The highest BCUT2D eigenvalue weighted by atomic mass is 16.5. The van der Waals surface area contributed by atoms with E-state index in [1.807, 2.05) is 72.8 Å². The molecule has 0 bridgehead atoms. The smallest absolute Gasteiger partial charge is 0.134 e. The van der Waals surface area contributed by atoms with E-state index in [2.05, 4.69) is 10.6 Å². The summed E-state index contributed by atoms with van der Waals surface area (Å²) in [4.78, 5) is 4.72. The van der Waals surface area contributed by atoms with E-state index >= 15 is 0 Å². The van der Waals surface area contributed by atoms with E-state index in [9.17, 15) is 0 Å². The number of ether oxygens (including phenoxy) is 1. The summed E-state index contributed by atoms with van der Waals surface area (Å²) in [7, 11) is 0. The van der Waals surface area contributed by atoms with Gasteiger partial charge in [0.15, 0.2) is 0 Å². The molecule has 0 saturated carbocycles. The van der Waals surface area contributed by atoms with Crippen LogP contribution in [0.4, 0.5) is 0 Å². The van der Waals surface area contributed by atoms with Crippen LogP contribution in [0.5, 0.6) is 5.75 Å². The Morgan fingerprint density at radius 2 is 1.76 bits per heavy atom. The maximum atomic E-state index is 5.84. The van der Waals surface area contributed by atoms with Gasteiger partial charge >= 0.3 is 0 Å². The lowest BCUT2D eigenvalue weighted by Crippen LogP contribution is -2.09. The molecule has 0 amide bonds. The normalized spacial score (nSPS) is 11.4. The van der Waals surface area contributed by atoms with Crippen LogP contribution in [-0.2, 0) is 6.54 Å². The predicted octanol–water partition coefficient (Wildman–Crippen LogP) is 4.88. The first-order chi connectivity index (χ1) is 12.4. The highest BCUT2D eigenvalue weighted by Crippen LogP contribution is 2.18. The molecule has 4 rings (SSSR count). The summed E-state index contributed by atoms with van der Waals surface area (Å²) in [6.07, 6.45) is 5.56. The Labute approximate surface area is 146 Å². The highest BCUT2D eigenvalue weighted by Gasteiger charge is 2.08. The number of hydrogen-bond donors (Lipinski definition) is 0. The maximum Gasteiger partial charge on any atom is 0.134 e. The lowest BCUT2D eigenvalue weighted by Gasteiger charge is -2.09. The molecule has 0 spiro atoms. The van der Waals surface area contributed by atoms with Crippen LogP contribution in [0.25, 0.3) is 23.2 Å². The van der Waals surface area contributed by atoms with Gasteiger partial charge in [-0.1, -0.05) is 30.3 Å². The Kier molecular flexibility index (Phi) is 4.33. The number of furan rings is 1. The summed E-state index contributed by atoms with van der Waals surface area (Å²) >= 11 is 0. The number of fused-ring (bicyclic) bond motifs is 1. The summed E-state index contributed by atoms with van der Waals surface area (Å²) in [5.74, 6) is 2.56. The molecule has 124 valence electrons. The molecule has 0 N–H and O–H groups in total. The summed E-state index contributed by atoms with van der Waals surface area (Å²) in [5, 5.41) is 0. The lowest BCUT2D eigenvalue weighted by atomic mass is 10.3. The van der Waals surface area contributed by atoms with E-state index in [0.29, 0.717) is 13.2 Å². The third-order valence-corrected chi connectivity index (χ3v) is 3.95. The Hall–Kier alpha value is -3.27. The monoisotopic (exact) mass is 330 g/mol. The maximum absolute atomic E-state index is 5.84. The fourth-order valence-electron chi connectivity index (χ4n) is 2.77. The fraction of sp³-hybridized carbons (Fsp3) is 0.0952. The van der Waals surface area contributed by atoms with Crippen LogP contribution in [0.2, 0.25) is 0 Å². The highest BCUT2D eigenvalue weighted by molar-refractivity contribution is 5.79. The average molecular weight is 330 g/mol. The second kappa shape index (κ2) is 7.09. The summed E-state index contributed by atoms with van der Waals surface area (Å²) in [6, 6.07) is 21.8. The third kappa shape index (κ3) is 3.48. The van der Waals surface area contributed by atoms with Gasteiger partial charge in [0.05, 0.1) is 23.8 Å². The number of hydrogen-bond acceptors (Lipinski definition) is 3. The molecule has 0 aliphatic carbocycles. The van der Waals surface area contributed by atoms with Crippen molar-refractivity contribution in [3.05, 3.63) is 84.6 Å². The van der Waals surface area contributed by atoms with E-state index in [1.54, 1.807) is 6.26 Å². The van der Waals surface area contributed by atoms with Crippen LogP contribution in [-0.4, -0.2) is 16.2 Å². The lowest BCUT2D eigenvalue weighted by molar-refractivity contribution is 0.300. The van der Waals surface area contributed by atoms with Gasteiger partial charge in [0.2, 0.25) is 0 Å². The van der Waals surface area contributed by atoms with Crippen molar-refractivity contribution in [2.24, 2.45) is 0 Å². The van der Waals surface area contributed by atoms with Crippen molar-refractivity contribution in [3.63, 3.8) is 0 Å². The number of para-hydroxylation sites is 3. The Morgan fingerprint density at radius 3 is 2.60 bits per heavy atom. The molecule has 0 saturated heterocycles. The van der Waals surface area contributed by atoms with Gasteiger partial charge in [-0.05, 0) is 48.6 Å². The molecular weight excluding hydrogens is 312 g/mol. The minimum Gasteiger partial charge on any atom is -0.492 e. The Balaban J connectivity index is 1.58. The van der Waals surface area contributed by atoms with Crippen molar-refractivity contribution in [3.8, 4) is 5.75 Å². The molecule has 4 aromatic rings. The Morgan fingerprint density at radius 1 is 0.920 bits per heavy atom. The quantitative estimate of drug-likeness (QED) is 0.506. The zero-order valence-electron chi connectivity index (χ0n) is 13.7. The summed E-state index contributed by atoms with van der Waals surface area (Å²) in [5.41, 5.74) is 2.07. The van der Waals surface area contributed by atoms with Gasteiger partial charge in [0.1, 0.15) is 23.9 Å². The zero-order valence-corrected chi connectivity index (χ0v) is 13.7. The second-order valence-corrected chi connectivity index (χ2v) is 5.62. The fourth-order valence-corrected chi connectivity index (χ4v) is 2.77. The van der Waals surface area contributed by atoms with Crippen molar-refractivity contribution < 1.29 is 9.15 Å². The molecule has 0 aliphatic heterocycles. The van der Waals surface area contributed by atoms with E-state index in [4.69, 9.17) is 14.1 Å². The van der Waals surface area contributed by atoms with Gasteiger partial charge < -0.3 is 13.7 Å². The molecular formula is C21H18N2O2.